The zero-order chi connectivity index (χ0) is 21.3. The molecule has 0 bridgehead atoms. The summed E-state index contributed by atoms with van der Waals surface area (Å²) in [6.45, 7) is 0. The van der Waals surface area contributed by atoms with Gasteiger partial charge in [0.05, 0.1) is 0 Å². The van der Waals surface area contributed by atoms with Gasteiger partial charge in [0.25, 0.3) is 0 Å². The monoisotopic (exact) mass is 595 g/mol. The molecule has 0 amide bonds. The van der Waals surface area contributed by atoms with E-state index in [4.69, 9.17) is 0 Å². The number of benzene rings is 3. The first kappa shape index (κ1) is 23.2. The predicted molar refractivity (Wildman–Crippen MR) is 122 cm³/mol. The molecule has 0 fully saturated rings. The summed E-state index contributed by atoms with van der Waals surface area (Å²) < 4.78 is 13.3. The van der Waals surface area contributed by atoms with Crippen LogP contribution in [-0.2, 0) is 20.1 Å². The van der Waals surface area contributed by atoms with E-state index < -0.39 is 0 Å². The summed E-state index contributed by atoms with van der Waals surface area (Å²) in [5, 5.41) is 0. The number of aromatic nitrogens is 2. The fourth-order valence-electron chi connectivity index (χ4n) is 3.12. The van der Waals surface area contributed by atoms with E-state index in [0.717, 1.165) is 28.1 Å². The Morgan fingerprint density at radius 1 is 0.625 bits per heavy atom. The molecule has 0 N–H and O–H groups in total. The molecular formula is C28H19FIrN2-2. The zero-order valence-corrected chi connectivity index (χ0v) is 19.5. The first-order valence-electron chi connectivity index (χ1n) is 9.88. The molecule has 5 aromatic rings. The minimum absolute atomic E-state index is 0. The number of nitrogens with zero attached hydrogens (tertiary/aromatic N) is 2. The SMILES string of the molecule is Fc1[c-]c(-c2ncccc2-c2ccccc2)ccc1.[Ir].[c-]1ccccc1-c1ccccn1. The Morgan fingerprint density at radius 2 is 1.38 bits per heavy atom. The molecule has 2 nitrogen and oxygen atoms in total. The van der Waals surface area contributed by atoms with Crippen molar-refractivity contribution >= 4 is 0 Å². The zero-order valence-electron chi connectivity index (χ0n) is 17.1. The quantitative estimate of drug-likeness (QED) is 0.213. The van der Waals surface area contributed by atoms with Gasteiger partial charge in [0.2, 0.25) is 0 Å². The maximum Gasteiger partial charge on any atom is 0.0405 e. The minimum Gasteiger partial charge on any atom is -0.305 e. The van der Waals surface area contributed by atoms with Crippen molar-refractivity contribution in [3.05, 3.63) is 133 Å². The van der Waals surface area contributed by atoms with Crippen LogP contribution >= 0.6 is 0 Å². The van der Waals surface area contributed by atoms with Gasteiger partial charge in [-0.05, 0) is 34.6 Å². The summed E-state index contributed by atoms with van der Waals surface area (Å²) in [4.78, 5) is 8.59. The standard InChI is InChI=1S/C17H11FN.C11H8N.Ir/c18-15-9-4-8-14(12-15)17-16(10-5-11-19-17)13-6-2-1-3-7-13;1-2-6-10(7-3-1)11-8-4-5-9-12-11;/h1-11H;1-6,8-9H;/q2*-1;. The number of halogens is 1. The third kappa shape index (κ3) is 6.04. The van der Waals surface area contributed by atoms with Gasteiger partial charge in [0.1, 0.15) is 0 Å². The van der Waals surface area contributed by atoms with Crippen LogP contribution in [0.15, 0.2) is 116 Å². The van der Waals surface area contributed by atoms with E-state index >= 15 is 0 Å². The van der Waals surface area contributed by atoms with Gasteiger partial charge in [-0.15, -0.1) is 65.7 Å². The molecule has 32 heavy (non-hydrogen) atoms. The number of hydrogen-bond donors (Lipinski definition) is 0. The molecule has 0 aliphatic heterocycles. The normalized spacial score (nSPS) is 9.78. The van der Waals surface area contributed by atoms with Crippen LogP contribution in [0.4, 0.5) is 4.39 Å². The summed E-state index contributed by atoms with van der Waals surface area (Å²) in [6, 6.07) is 38.2. The summed E-state index contributed by atoms with van der Waals surface area (Å²) in [5.74, 6) is -0.373. The number of hydrogen-bond acceptors (Lipinski definition) is 2. The Bertz CT molecular complexity index is 1190. The van der Waals surface area contributed by atoms with E-state index in [-0.39, 0.29) is 25.9 Å². The van der Waals surface area contributed by atoms with Crippen LogP contribution in [0.5, 0.6) is 0 Å². The fraction of sp³-hybridized carbons (Fsp3) is 0. The van der Waals surface area contributed by atoms with Crippen molar-refractivity contribution in [1.82, 2.24) is 9.97 Å². The van der Waals surface area contributed by atoms with Crippen LogP contribution in [0.25, 0.3) is 33.6 Å². The van der Waals surface area contributed by atoms with Crippen LogP contribution in [0, 0.1) is 17.9 Å². The fourth-order valence-corrected chi connectivity index (χ4v) is 3.12. The van der Waals surface area contributed by atoms with E-state index in [1.807, 2.05) is 91.0 Å². The third-order valence-corrected chi connectivity index (χ3v) is 4.56. The van der Waals surface area contributed by atoms with Gasteiger partial charge in [-0.3, -0.25) is 0 Å². The first-order chi connectivity index (χ1) is 15.3. The van der Waals surface area contributed by atoms with E-state index in [1.54, 1.807) is 18.5 Å². The average Bonchev–Trinajstić information content (AvgIpc) is 2.86. The Morgan fingerprint density at radius 3 is 2.09 bits per heavy atom. The number of rotatable bonds is 3. The van der Waals surface area contributed by atoms with Crippen LogP contribution in [0.2, 0.25) is 0 Å². The Balaban J connectivity index is 0.000000193. The Kier molecular flexibility index (Phi) is 8.56. The Labute approximate surface area is 201 Å². The first-order valence-corrected chi connectivity index (χ1v) is 9.88. The molecule has 0 atom stereocenters. The summed E-state index contributed by atoms with van der Waals surface area (Å²) in [5.41, 5.74) is 5.46. The second-order valence-electron chi connectivity index (χ2n) is 6.67. The van der Waals surface area contributed by atoms with Crippen LogP contribution in [-0.4, -0.2) is 9.97 Å². The van der Waals surface area contributed by atoms with Crippen molar-refractivity contribution in [3.63, 3.8) is 0 Å². The molecule has 0 saturated heterocycles. The summed E-state index contributed by atoms with van der Waals surface area (Å²) >= 11 is 0. The van der Waals surface area contributed by atoms with Gasteiger partial charge in [-0.1, -0.05) is 48.5 Å². The molecule has 0 unspecified atom stereocenters. The molecule has 159 valence electrons. The largest absolute Gasteiger partial charge is 0.305 e. The predicted octanol–water partition coefficient (Wildman–Crippen LogP) is 6.90. The maximum atomic E-state index is 13.3. The molecule has 4 heteroatoms. The Hall–Kier alpha value is -3.46. The van der Waals surface area contributed by atoms with Crippen molar-refractivity contribution in [2.24, 2.45) is 0 Å². The van der Waals surface area contributed by atoms with Gasteiger partial charge in [-0.2, -0.15) is 0 Å². The van der Waals surface area contributed by atoms with Crippen molar-refractivity contribution in [3.8, 4) is 33.6 Å². The molecule has 5 rings (SSSR count). The van der Waals surface area contributed by atoms with Crippen LogP contribution < -0.4 is 0 Å². The summed E-state index contributed by atoms with van der Waals surface area (Å²) in [6.07, 6.45) is 3.50. The maximum absolute atomic E-state index is 13.3. The van der Waals surface area contributed by atoms with Gasteiger partial charge >= 0.3 is 0 Å². The van der Waals surface area contributed by atoms with Crippen LogP contribution in [0.3, 0.4) is 0 Å². The molecule has 0 aliphatic rings. The van der Waals surface area contributed by atoms with E-state index in [9.17, 15) is 4.39 Å². The number of pyridine rings is 2. The van der Waals surface area contributed by atoms with E-state index in [1.165, 1.54) is 6.07 Å². The molecule has 2 heterocycles. The van der Waals surface area contributed by atoms with Crippen LogP contribution in [0.1, 0.15) is 0 Å². The molecule has 0 spiro atoms. The van der Waals surface area contributed by atoms with Gasteiger partial charge in [0.15, 0.2) is 0 Å². The molecule has 0 saturated carbocycles. The molecule has 2 aromatic heterocycles. The topological polar surface area (TPSA) is 25.8 Å². The molecular weight excluding hydrogens is 576 g/mol. The smallest absolute Gasteiger partial charge is 0.0405 e. The average molecular weight is 595 g/mol. The van der Waals surface area contributed by atoms with Crippen molar-refractivity contribution in [2.75, 3.05) is 0 Å². The van der Waals surface area contributed by atoms with Gasteiger partial charge < -0.3 is 9.97 Å². The van der Waals surface area contributed by atoms with Gasteiger partial charge in [0, 0.05) is 38.3 Å². The second-order valence-corrected chi connectivity index (χ2v) is 6.67. The van der Waals surface area contributed by atoms with Crippen molar-refractivity contribution in [2.45, 2.75) is 0 Å². The molecule has 3 aromatic carbocycles. The van der Waals surface area contributed by atoms with Crippen molar-refractivity contribution in [1.29, 1.82) is 0 Å². The molecule has 0 aliphatic carbocycles. The third-order valence-electron chi connectivity index (χ3n) is 4.56. The van der Waals surface area contributed by atoms with E-state index in [0.29, 0.717) is 5.56 Å². The second kappa shape index (κ2) is 11.8. The summed E-state index contributed by atoms with van der Waals surface area (Å²) in [7, 11) is 0. The molecule has 1 radical (unpaired) electrons. The minimum atomic E-state index is -0.373. The van der Waals surface area contributed by atoms with Gasteiger partial charge in [-0.25, -0.2) is 4.39 Å². The van der Waals surface area contributed by atoms with E-state index in [2.05, 4.69) is 22.1 Å². The van der Waals surface area contributed by atoms with Crippen molar-refractivity contribution < 1.29 is 24.5 Å².